The molecule has 3 nitrogen and oxygen atoms in total. The molecule has 0 unspecified atom stereocenters. The smallest absolute Gasteiger partial charge is 0.176 e. The number of ether oxygens (including phenoxy) is 1. The third kappa shape index (κ3) is 4.67. The molecule has 0 saturated carbocycles. The van der Waals surface area contributed by atoms with Crippen LogP contribution >= 0.6 is 0 Å². The van der Waals surface area contributed by atoms with E-state index in [9.17, 15) is 4.79 Å². The van der Waals surface area contributed by atoms with Crippen molar-refractivity contribution in [2.45, 2.75) is 39.7 Å². The topological polar surface area (TPSA) is 29.5 Å². The number of likely N-dealkylation sites (N-methyl/N-ethyl adjacent to an activating group) is 1. The summed E-state index contributed by atoms with van der Waals surface area (Å²) in [5, 5.41) is 0. The number of hydrogen-bond donors (Lipinski definition) is 0. The zero-order chi connectivity index (χ0) is 14.3. The Morgan fingerprint density at radius 2 is 1.74 bits per heavy atom. The van der Waals surface area contributed by atoms with Crippen LogP contribution in [0.4, 0.5) is 0 Å². The normalized spacial score (nSPS) is 11.1. The molecule has 0 N–H and O–H groups in total. The van der Waals surface area contributed by atoms with Crippen LogP contribution in [0.2, 0.25) is 0 Å². The molecular weight excluding hydrogens is 238 g/mol. The molecule has 106 valence electrons. The van der Waals surface area contributed by atoms with E-state index in [1.165, 1.54) is 0 Å². The van der Waals surface area contributed by atoms with Crippen LogP contribution in [0.25, 0.3) is 0 Å². The van der Waals surface area contributed by atoms with Crippen LogP contribution in [0.3, 0.4) is 0 Å². The monoisotopic (exact) mass is 263 g/mol. The van der Waals surface area contributed by atoms with E-state index in [4.69, 9.17) is 4.74 Å². The van der Waals surface area contributed by atoms with Crippen LogP contribution in [-0.2, 0) is 0 Å². The van der Waals surface area contributed by atoms with Gasteiger partial charge in [-0.05, 0) is 51.1 Å². The number of rotatable bonds is 8. The van der Waals surface area contributed by atoms with Gasteiger partial charge in [0.1, 0.15) is 5.75 Å². The molecule has 3 heteroatoms. The first-order chi connectivity index (χ1) is 9.12. The molecule has 0 aliphatic carbocycles. The maximum atomic E-state index is 12.2. The lowest BCUT2D eigenvalue weighted by Gasteiger charge is -2.25. The third-order valence-electron chi connectivity index (χ3n) is 3.45. The summed E-state index contributed by atoms with van der Waals surface area (Å²) in [6.07, 6.45) is 2.15. The molecule has 0 heterocycles. The van der Waals surface area contributed by atoms with Gasteiger partial charge in [-0.15, -0.1) is 0 Å². The molecular formula is C16H25NO2. The van der Waals surface area contributed by atoms with Gasteiger partial charge < -0.3 is 4.74 Å². The second-order valence-corrected chi connectivity index (χ2v) is 4.77. The maximum absolute atomic E-state index is 12.2. The Hall–Kier alpha value is -1.35. The first kappa shape index (κ1) is 15.7. The Kier molecular flexibility index (Phi) is 6.57. The van der Waals surface area contributed by atoms with Crippen molar-refractivity contribution in [1.82, 2.24) is 4.90 Å². The summed E-state index contributed by atoms with van der Waals surface area (Å²) >= 11 is 0. The molecule has 0 spiro atoms. The summed E-state index contributed by atoms with van der Waals surface area (Å²) in [6.45, 7) is 7.38. The van der Waals surface area contributed by atoms with Crippen LogP contribution in [0.1, 0.15) is 44.0 Å². The number of hydrogen-bond acceptors (Lipinski definition) is 3. The average Bonchev–Trinajstić information content (AvgIpc) is 2.41. The Balaban J connectivity index is 2.62. The molecule has 0 aliphatic rings. The summed E-state index contributed by atoms with van der Waals surface area (Å²) in [7, 11) is 2.02. The van der Waals surface area contributed by atoms with Gasteiger partial charge in [-0.3, -0.25) is 9.69 Å². The van der Waals surface area contributed by atoms with E-state index in [0.717, 1.165) is 24.2 Å². The lowest BCUT2D eigenvalue weighted by atomic mass is 10.1. The molecule has 0 fully saturated rings. The zero-order valence-corrected chi connectivity index (χ0v) is 12.5. The summed E-state index contributed by atoms with van der Waals surface area (Å²) in [4.78, 5) is 14.3. The van der Waals surface area contributed by atoms with Crippen LogP contribution in [0.15, 0.2) is 24.3 Å². The van der Waals surface area contributed by atoms with E-state index in [1.807, 2.05) is 38.2 Å². The predicted molar refractivity (Wildman–Crippen MR) is 78.9 cm³/mol. The predicted octanol–water partition coefficient (Wildman–Crippen LogP) is 3.39. The van der Waals surface area contributed by atoms with Crippen molar-refractivity contribution in [2.24, 2.45) is 0 Å². The second-order valence-electron chi connectivity index (χ2n) is 4.77. The van der Waals surface area contributed by atoms with E-state index >= 15 is 0 Å². The number of ketones is 1. The number of nitrogens with zero attached hydrogens (tertiary/aromatic N) is 1. The lowest BCUT2D eigenvalue weighted by molar-refractivity contribution is 0.0915. The fourth-order valence-corrected chi connectivity index (χ4v) is 2.26. The number of carbonyl (C=O) groups is 1. The third-order valence-corrected chi connectivity index (χ3v) is 3.45. The van der Waals surface area contributed by atoms with Crippen molar-refractivity contribution in [3.05, 3.63) is 29.8 Å². The number of carbonyl (C=O) groups excluding carboxylic acids is 1. The van der Waals surface area contributed by atoms with Gasteiger partial charge in [0.25, 0.3) is 0 Å². The van der Waals surface area contributed by atoms with Crippen LogP contribution < -0.4 is 4.74 Å². The van der Waals surface area contributed by atoms with Crippen molar-refractivity contribution >= 4 is 5.78 Å². The molecule has 1 aromatic carbocycles. The molecule has 0 aliphatic heterocycles. The Bertz CT molecular complexity index is 382. The number of benzene rings is 1. The van der Waals surface area contributed by atoms with E-state index in [1.54, 1.807) is 0 Å². The summed E-state index contributed by atoms with van der Waals surface area (Å²) < 4.78 is 5.37. The highest BCUT2D eigenvalue weighted by Gasteiger charge is 2.15. The minimum Gasteiger partial charge on any atom is -0.494 e. The summed E-state index contributed by atoms with van der Waals surface area (Å²) in [5.74, 6) is 0.977. The highest BCUT2D eigenvalue weighted by Crippen LogP contribution is 2.14. The molecule has 0 saturated heterocycles. The van der Waals surface area contributed by atoms with Crippen molar-refractivity contribution in [3.8, 4) is 5.75 Å². The van der Waals surface area contributed by atoms with Gasteiger partial charge in [0.2, 0.25) is 0 Å². The van der Waals surface area contributed by atoms with Crippen molar-refractivity contribution < 1.29 is 9.53 Å². The first-order valence-electron chi connectivity index (χ1n) is 7.08. The summed E-state index contributed by atoms with van der Waals surface area (Å²) in [5.41, 5.74) is 0.751. The molecule has 0 atom stereocenters. The Morgan fingerprint density at radius 3 is 2.21 bits per heavy atom. The molecule has 0 radical (unpaired) electrons. The average molecular weight is 263 g/mol. The van der Waals surface area contributed by atoms with Crippen molar-refractivity contribution in [2.75, 3.05) is 20.2 Å². The number of Topliss-reactive ketones (excluding diaryl/α,β-unsaturated/α-hetero) is 1. The molecule has 0 aromatic heterocycles. The van der Waals surface area contributed by atoms with Crippen LogP contribution in [0.5, 0.6) is 5.75 Å². The van der Waals surface area contributed by atoms with Crippen molar-refractivity contribution in [3.63, 3.8) is 0 Å². The Labute approximate surface area is 116 Å². The maximum Gasteiger partial charge on any atom is 0.176 e. The van der Waals surface area contributed by atoms with Gasteiger partial charge in [0.05, 0.1) is 13.2 Å². The fourth-order valence-electron chi connectivity index (χ4n) is 2.26. The van der Waals surface area contributed by atoms with Crippen LogP contribution in [0, 0.1) is 0 Å². The van der Waals surface area contributed by atoms with Gasteiger partial charge in [-0.2, -0.15) is 0 Å². The highest BCUT2D eigenvalue weighted by molar-refractivity contribution is 5.97. The van der Waals surface area contributed by atoms with Gasteiger partial charge in [0.15, 0.2) is 5.78 Å². The van der Waals surface area contributed by atoms with Gasteiger partial charge in [-0.25, -0.2) is 0 Å². The van der Waals surface area contributed by atoms with E-state index in [2.05, 4.69) is 18.7 Å². The summed E-state index contributed by atoms with van der Waals surface area (Å²) in [6, 6.07) is 7.87. The van der Waals surface area contributed by atoms with E-state index in [-0.39, 0.29) is 5.78 Å². The van der Waals surface area contributed by atoms with Gasteiger partial charge in [0, 0.05) is 11.6 Å². The molecule has 1 aromatic rings. The molecule has 1 rings (SSSR count). The largest absolute Gasteiger partial charge is 0.494 e. The second kappa shape index (κ2) is 7.95. The lowest BCUT2D eigenvalue weighted by Crippen LogP contribution is -2.35. The molecule has 0 bridgehead atoms. The SMILES string of the molecule is CCOc1ccc(C(=O)CN(C)C(CC)CC)cc1. The van der Waals surface area contributed by atoms with Crippen LogP contribution in [-0.4, -0.2) is 36.9 Å². The molecule has 0 amide bonds. The van der Waals surface area contributed by atoms with Gasteiger partial charge >= 0.3 is 0 Å². The van der Waals surface area contributed by atoms with E-state index < -0.39 is 0 Å². The quantitative estimate of drug-likeness (QED) is 0.673. The van der Waals surface area contributed by atoms with E-state index in [0.29, 0.717) is 19.2 Å². The standard InChI is InChI=1S/C16H25NO2/c1-5-14(6-2)17(4)12-16(18)13-8-10-15(11-9-13)19-7-3/h8-11,14H,5-7,12H2,1-4H3. The minimum atomic E-state index is 0.164. The Morgan fingerprint density at radius 1 is 1.16 bits per heavy atom. The van der Waals surface area contributed by atoms with Gasteiger partial charge in [-0.1, -0.05) is 13.8 Å². The van der Waals surface area contributed by atoms with Crippen molar-refractivity contribution in [1.29, 1.82) is 0 Å². The first-order valence-corrected chi connectivity index (χ1v) is 7.08. The molecule has 19 heavy (non-hydrogen) atoms. The minimum absolute atomic E-state index is 0.164. The fraction of sp³-hybridized carbons (Fsp3) is 0.562. The highest BCUT2D eigenvalue weighted by atomic mass is 16.5. The zero-order valence-electron chi connectivity index (χ0n) is 12.5.